The maximum absolute atomic E-state index is 12.7. The van der Waals surface area contributed by atoms with Crippen LogP contribution in [0.15, 0.2) is 48.8 Å². The van der Waals surface area contributed by atoms with Crippen LogP contribution in [0, 0.1) is 5.92 Å². The monoisotopic (exact) mass is 373 g/mol. The molecule has 0 amide bonds. The molecule has 0 aliphatic carbocycles. The second kappa shape index (κ2) is 7.97. The van der Waals surface area contributed by atoms with Gasteiger partial charge < -0.3 is 4.90 Å². The predicted octanol–water partition coefficient (Wildman–Crippen LogP) is 2.20. The summed E-state index contributed by atoms with van der Waals surface area (Å²) in [6.45, 7) is 2.61. The van der Waals surface area contributed by atoms with E-state index in [9.17, 15) is 13.2 Å². The molecule has 6 nitrogen and oxygen atoms in total. The van der Waals surface area contributed by atoms with Gasteiger partial charge in [0.25, 0.3) is 0 Å². The number of aromatic nitrogens is 1. The minimum absolute atomic E-state index is 0.00221. The lowest BCUT2D eigenvalue weighted by Gasteiger charge is -2.15. The fourth-order valence-electron chi connectivity index (χ4n) is 3.24. The van der Waals surface area contributed by atoms with E-state index in [0.717, 1.165) is 38.7 Å². The molecule has 0 radical (unpaired) electrons. The third-order valence-electron chi connectivity index (χ3n) is 4.56. The quantitative estimate of drug-likeness (QED) is 0.753. The van der Waals surface area contributed by atoms with Gasteiger partial charge in [0.1, 0.15) is 0 Å². The summed E-state index contributed by atoms with van der Waals surface area (Å²) in [4.78, 5) is 19.1. The number of anilines is 1. The van der Waals surface area contributed by atoms with E-state index in [1.807, 2.05) is 12.3 Å². The molecule has 1 N–H and O–H groups in total. The number of hydrogen-bond acceptors (Lipinski definition) is 5. The number of hydrogen-bond donors (Lipinski definition) is 1. The Labute approximate surface area is 154 Å². The van der Waals surface area contributed by atoms with E-state index >= 15 is 0 Å². The van der Waals surface area contributed by atoms with Gasteiger partial charge in [0.15, 0.2) is 5.78 Å². The summed E-state index contributed by atoms with van der Waals surface area (Å²) in [5.41, 5.74) is 2.30. The van der Waals surface area contributed by atoms with Crippen LogP contribution in [0.5, 0.6) is 0 Å². The number of rotatable bonds is 7. The summed E-state index contributed by atoms with van der Waals surface area (Å²) >= 11 is 0. The highest BCUT2D eigenvalue weighted by Crippen LogP contribution is 2.22. The lowest BCUT2D eigenvalue weighted by molar-refractivity contribution is 0.0923. The van der Waals surface area contributed by atoms with Crippen molar-refractivity contribution in [3.8, 4) is 0 Å². The Bertz CT molecular complexity index is 851. The Morgan fingerprint density at radius 1 is 1.27 bits per heavy atom. The van der Waals surface area contributed by atoms with Crippen LogP contribution in [0.3, 0.4) is 0 Å². The third-order valence-corrected chi connectivity index (χ3v) is 5.16. The summed E-state index contributed by atoms with van der Waals surface area (Å²) in [6, 6.07) is 10.6. The standard InChI is InChI=1S/C19H23N3O3S/c1-26(24,25)21-18-6-4-16(5-7-18)19(23)17-9-12-22(14-17)11-8-15-3-2-10-20-13-15/h2-7,10,13,17,21H,8-9,11-12,14H2,1H3. The van der Waals surface area contributed by atoms with E-state index in [1.54, 1.807) is 30.5 Å². The first kappa shape index (κ1) is 18.5. The van der Waals surface area contributed by atoms with Crippen LogP contribution in [-0.4, -0.2) is 50.0 Å². The van der Waals surface area contributed by atoms with Gasteiger partial charge in [-0.15, -0.1) is 0 Å². The minimum Gasteiger partial charge on any atom is -0.302 e. The fraction of sp³-hybridized carbons (Fsp3) is 0.368. The molecule has 1 aromatic carbocycles. The Morgan fingerprint density at radius 3 is 2.69 bits per heavy atom. The maximum atomic E-state index is 12.7. The van der Waals surface area contributed by atoms with Gasteiger partial charge in [-0.25, -0.2) is 8.42 Å². The number of sulfonamides is 1. The van der Waals surface area contributed by atoms with Crippen LogP contribution < -0.4 is 4.72 Å². The first-order chi connectivity index (χ1) is 12.4. The Morgan fingerprint density at radius 2 is 2.04 bits per heavy atom. The molecule has 1 aromatic heterocycles. The van der Waals surface area contributed by atoms with Crippen molar-refractivity contribution in [1.82, 2.24) is 9.88 Å². The van der Waals surface area contributed by atoms with Gasteiger partial charge in [0.05, 0.1) is 6.26 Å². The van der Waals surface area contributed by atoms with Crippen LogP contribution in [0.4, 0.5) is 5.69 Å². The van der Waals surface area contributed by atoms with Crippen molar-refractivity contribution >= 4 is 21.5 Å². The smallest absolute Gasteiger partial charge is 0.229 e. The van der Waals surface area contributed by atoms with E-state index in [2.05, 4.69) is 20.7 Å². The van der Waals surface area contributed by atoms with Crippen molar-refractivity contribution in [2.45, 2.75) is 12.8 Å². The van der Waals surface area contributed by atoms with Crippen molar-refractivity contribution in [2.24, 2.45) is 5.92 Å². The van der Waals surface area contributed by atoms with Crippen molar-refractivity contribution in [3.63, 3.8) is 0 Å². The van der Waals surface area contributed by atoms with Crippen LogP contribution in [0.1, 0.15) is 22.3 Å². The Kier molecular flexibility index (Phi) is 5.68. The molecule has 0 spiro atoms. The van der Waals surface area contributed by atoms with Gasteiger partial charge in [-0.05, 0) is 55.3 Å². The van der Waals surface area contributed by atoms with Gasteiger partial charge in [-0.1, -0.05) is 6.07 Å². The highest BCUT2D eigenvalue weighted by atomic mass is 32.2. The molecule has 2 heterocycles. The lowest BCUT2D eigenvalue weighted by Crippen LogP contribution is -2.25. The van der Waals surface area contributed by atoms with E-state index in [0.29, 0.717) is 11.3 Å². The van der Waals surface area contributed by atoms with Gasteiger partial charge in [0, 0.05) is 42.7 Å². The number of benzene rings is 1. The van der Waals surface area contributed by atoms with E-state index in [-0.39, 0.29) is 11.7 Å². The molecule has 26 heavy (non-hydrogen) atoms. The molecule has 0 bridgehead atoms. The molecule has 1 aliphatic heterocycles. The molecular weight excluding hydrogens is 350 g/mol. The lowest BCUT2D eigenvalue weighted by atomic mass is 9.97. The highest BCUT2D eigenvalue weighted by molar-refractivity contribution is 7.92. The van der Waals surface area contributed by atoms with E-state index in [1.165, 1.54) is 5.56 Å². The number of likely N-dealkylation sites (tertiary alicyclic amines) is 1. The molecule has 7 heteroatoms. The van der Waals surface area contributed by atoms with Crippen molar-refractivity contribution in [3.05, 3.63) is 59.9 Å². The number of carbonyl (C=O) groups excluding carboxylic acids is 1. The number of Topliss-reactive ketones (excluding diaryl/α,β-unsaturated/α-hetero) is 1. The van der Waals surface area contributed by atoms with Crippen molar-refractivity contribution in [1.29, 1.82) is 0 Å². The molecule has 1 fully saturated rings. The third kappa shape index (κ3) is 5.12. The molecule has 138 valence electrons. The van der Waals surface area contributed by atoms with Crippen LogP contribution in [0.25, 0.3) is 0 Å². The second-order valence-corrected chi connectivity index (χ2v) is 8.46. The average Bonchev–Trinajstić information content (AvgIpc) is 3.08. The summed E-state index contributed by atoms with van der Waals surface area (Å²) in [7, 11) is -3.31. The largest absolute Gasteiger partial charge is 0.302 e. The SMILES string of the molecule is CS(=O)(=O)Nc1ccc(C(=O)C2CCN(CCc3cccnc3)C2)cc1. The zero-order chi connectivity index (χ0) is 18.6. The number of ketones is 1. The Balaban J connectivity index is 1.54. The van der Waals surface area contributed by atoms with E-state index in [4.69, 9.17) is 0 Å². The minimum atomic E-state index is -3.31. The normalized spacial score (nSPS) is 18.0. The highest BCUT2D eigenvalue weighted by Gasteiger charge is 2.28. The zero-order valence-corrected chi connectivity index (χ0v) is 15.6. The summed E-state index contributed by atoms with van der Waals surface area (Å²) in [6.07, 6.45) is 6.54. The van der Waals surface area contributed by atoms with Gasteiger partial charge in [-0.3, -0.25) is 14.5 Å². The molecule has 1 unspecified atom stereocenters. The summed E-state index contributed by atoms with van der Waals surface area (Å²) in [5, 5.41) is 0. The van der Waals surface area contributed by atoms with Crippen LogP contribution >= 0.6 is 0 Å². The van der Waals surface area contributed by atoms with Gasteiger partial charge in [0.2, 0.25) is 10.0 Å². The summed E-state index contributed by atoms with van der Waals surface area (Å²) < 4.78 is 24.9. The summed E-state index contributed by atoms with van der Waals surface area (Å²) in [5.74, 6) is 0.123. The zero-order valence-electron chi connectivity index (χ0n) is 14.8. The van der Waals surface area contributed by atoms with Crippen LogP contribution in [0.2, 0.25) is 0 Å². The second-order valence-electron chi connectivity index (χ2n) is 6.71. The first-order valence-electron chi connectivity index (χ1n) is 8.64. The molecule has 2 aromatic rings. The topological polar surface area (TPSA) is 79.4 Å². The average molecular weight is 373 g/mol. The Hall–Kier alpha value is -2.25. The first-order valence-corrected chi connectivity index (χ1v) is 10.5. The van der Waals surface area contributed by atoms with Gasteiger partial charge >= 0.3 is 0 Å². The van der Waals surface area contributed by atoms with Gasteiger partial charge in [-0.2, -0.15) is 0 Å². The maximum Gasteiger partial charge on any atom is 0.229 e. The van der Waals surface area contributed by atoms with E-state index < -0.39 is 10.0 Å². The molecular formula is C19H23N3O3S. The molecule has 1 saturated heterocycles. The number of nitrogens with one attached hydrogen (secondary N) is 1. The number of pyridine rings is 1. The number of nitrogens with zero attached hydrogens (tertiary/aromatic N) is 2. The molecule has 3 rings (SSSR count). The fourth-order valence-corrected chi connectivity index (χ4v) is 3.80. The van der Waals surface area contributed by atoms with Crippen molar-refractivity contribution < 1.29 is 13.2 Å². The molecule has 1 atom stereocenters. The molecule has 1 aliphatic rings. The van der Waals surface area contributed by atoms with Crippen molar-refractivity contribution in [2.75, 3.05) is 30.6 Å². The van der Waals surface area contributed by atoms with Crippen LogP contribution in [-0.2, 0) is 16.4 Å². The number of carbonyl (C=O) groups is 1. The predicted molar refractivity (Wildman–Crippen MR) is 102 cm³/mol. The molecule has 0 saturated carbocycles.